The lowest BCUT2D eigenvalue weighted by atomic mass is 9.75. The number of para-hydroxylation sites is 1. The van der Waals surface area contributed by atoms with Crippen LogP contribution >= 0.6 is 0 Å². The molecule has 3 N–H and O–H groups in total. The van der Waals surface area contributed by atoms with E-state index in [2.05, 4.69) is 5.32 Å². The number of nitrogens with one attached hydrogen (secondary N) is 1. The van der Waals surface area contributed by atoms with E-state index in [0.717, 1.165) is 10.9 Å². The Bertz CT molecular complexity index is 1050. The predicted octanol–water partition coefficient (Wildman–Crippen LogP) is 1.98. The molecule has 0 aliphatic heterocycles. The Kier molecular flexibility index (Phi) is 6.59. The molecule has 7 nitrogen and oxygen atoms in total. The van der Waals surface area contributed by atoms with Crippen LogP contribution in [0.15, 0.2) is 59.2 Å². The standard InChI is InChI=1S/C22H25BN2O5/c1-14(16-8-4-5-10-18(16)22(27)25(2)3)21(26)24-20(23(28)29)12-15-13-30-19-11-7-6-9-17(15)19/h4-11,13-14,20,28-29H,12H2,1-3H3,(H,24,26)/t14-,20+/m1/s1. The maximum atomic E-state index is 12.9. The number of benzene rings is 2. The summed E-state index contributed by atoms with van der Waals surface area (Å²) in [7, 11) is 1.54. The van der Waals surface area contributed by atoms with E-state index in [1.807, 2.05) is 24.3 Å². The summed E-state index contributed by atoms with van der Waals surface area (Å²) in [6.45, 7) is 1.69. The van der Waals surface area contributed by atoms with Gasteiger partial charge in [0, 0.05) is 25.0 Å². The summed E-state index contributed by atoms with van der Waals surface area (Å²) in [6, 6.07) is 14.3. The summed E-state index contributed by atoms with van der Waals surface area (Å²) in [5, 5.41) is 23.3. The van der Waals surface area contributed by atoms with Gasteiger partial charge < -0.3 is 24.7 Å². The van der Waals surface area contributed by atoms with Crippen LogP contribution in [0.3, 0.4) is 0 Å². The Hall–Kier alpha value is -3.10. The fourth-order valence-electron chi connectivity index (χ4n) is 3.42. The van der Waals surface area contributed by atoms with Crippen LogP contribution in [0.25, 0.3) is 11.0 Å². The molecule has 0 fully saturated rings. The van der Waals surface area contributed by atoms with E-state index in [1.165, 1.54) is 4.90 Å². The van der Waals surface area contributed by atoms with Crippen LogP contribution < -0.4 is 5.32 Å². The molecule has 1 aromatic heterocycles. The SMILES string of the molecule is C[C@@H](C(=O)N[C@@H](Cc1coc2ccccc12)B(O)O)c1ccccc1C(=O)N(C)C. The van der Waals surface area contributed by atoms with E-state index in [4.69, 9.17) is 4.42 Å². The fourth-order valence-corrected chi connectivity index (χ4v) is 3.42. The van der Waals surface area contributed by atoms with E-state index in [-0.39, 0.29) is 12.3 Å². The molecule has 2 aromatic carbocycles. The van der Waals surface area contributed by atoms with Crippen LogP contribution in [0.4, 0.5) is 0 Å². The summed E-state index contributed by atoms with van der Waals surface area (Å²) >= 11 is 0. The molecule has 0 bridgehead atoms. The molecule has 3 aromatic rings. The average Bonchev–Trinajstić information content (AvgIpc) is 3.14. The Morgan fingerprint density at radius 2 is 1.77 bits per heavy atom. The van der Waals surface area contributed by atoms with E-state index in [1.54, 1.807) is 51.5 Å². The van der Waals surface area contributed by atoms with Crippen molar-refractivity contribution in [2.75, 3.05) is 14.1 Å². The quantitative estimate of drug-likeness (QED) is 0.519. The number of nitrogens with zero attached hydrogens (tertiary/aromatic N) is 1. The van der Waals surface area contributed by atoms with Crippen molar-refractivity contribution in [2.45, 2.75) is 25.2 Å². The van der Waals surface area contributed by atoms with Crippen LogP contribution in [0.2, 0.25) is 0 Å². The van der Waals surface area contributed by atoms with Gasteiger partial charge in [-0.1, -0.05) is 36.4 Å². The molecule has 1 heterocycles. The summed E-state index contributed by atoms with van der Waals surface area (Å²) < 4.78 is 5.50. The van der Waals surface area contributed by atoms with Crippen molar-refractivity contribution in [2.24, 2.45) is 0 Å². The molecule has 2 amide bonds. The minimum atomic E-state index is -1.76. The molecule has 0 unspecified atom stereocenters. The highest BCUT2D eigenvalue weighted by molar-refractivity contribution is 6.43. The Morgan fingerprint density at radius 3 is 2.47 bits per heavy atom. The van der Waals surface area contributed by atoms with E-state index in [0.29, 0.717) is 16.7 Å². The van der Waals surface area contributed by atoms with Crippen molar-refractivity contribution >= 4 is 29.9 Å². The highest BCUT2D eigenvalue weighted by Gasteiger charge is 2.30. The van der Waals surface area contributed by atoms with Gasteiger partial charge in [-0.2, -0.15) is 0 Å². The van der Waals surface area contributed by atoms with Crippen molar-refractivity contribution in [1.29, 1.82) is 0 Å². The zero-order valence-electron chi connectivity index (χ0n) is 17.2. The van der Waals surface area contributed by atoms with Gasteiger partial charge in [0.1, 0.15) is 5.58 Å². The predicted molar refractivity (Wildman–Crippen MR) is 115 cm³/mol. The zero-order chi connectivity index (χ0) is 21.8. The topological polar surface area (TPSA) is 103 Å². The smallest absolute Gasteiger partial charge is 0.464 e. The van der Waals surface area contributed by atoms with E-state index < -0.39 is 24.9 Å². The first kappa shape index (κ1) is 21.6. The second-order valence-electron chi connectivity index (χ2n) is 7.50. The molecule has 0 radical (unpaired) electrons. The van der Waals surface area contributed by atoms with Crippen LogP contribution in [-0.2, 0) is 11.2 Å². The number of hydrogen-bond acceptors (Lipinski definition) is 5. The van der Waals surface area contributed by atoms with Crippen molar-refractivity contribution in [3.05, 3.63) is 71.5 Å². The molecule has 0 saturated heterocycles. The van der Waals surface area contributed by atoms with E-state index >= 15 is 0 Å². The second-order valence-corrected chi connectivity index (χ2v) is 7.50. The molecule has 8 heteroatoms. The molecule has 0 spiro atoms. The first-order chi connectivity index (χ1) is 14.3. The first-order valence-corrected chi connectivity index (χ1v) is 9.71. The molecule has 0 saturated carbocycles. The third kappa shape index (κ3) is 4.55. The molecule has 0 aliphatic carbocycles. The molecule has 0 aliphatic rings. The highest BCUT2D eigenvalue weighted by atomic mass is 16.4. The van der Waals surface area contributed by atoms with Crippen LogP contribution in [-0.4, -0.2) is 53.9 Å². The lowest BCUT2D eigenvalue weighted by molar-refractivity contribution is -0.122. The van der Waals surface area contributed by atoms with Crippen molar-refractivity contribution < 1.29 is 24.1 Å². The van der Waals surface area contributed by atoms with Crippen molar-refractivity contribution in [3.63, 3.8) is 0 Å². The monoisotopic (exact) mass is 408 g/mol. The lowest BCUT2D eigenvalue weighted by Gasteiger charge is -2.22. The third-order valence-corrected chi connectivity index (χ3v) is 5.15. The number of furan rings is 1. The van der Waals surface area contributed by atoms with Gasteiger partial charge >= 0.3 is 7.12 Å². The van der Waals surface area contributed by atoms with Crippen molar-refractivity contribution in [1.82, 2.24) is 10.2 Å². The van der Waals surface area contributed by atoms with Gasteiger partial charge in [0.15, 0.2) is 0 Å². The fraction of sp³-hybridized carbons (Fsp3) is 0.273. The summed E-state index contributed by atoms with van der Waals surface area (Å²) in [5.41, 5.74) is 2.47. The molecular formula is C22H25BN2O5. The molecule has 156 valence electrons. The van der Waals surface area contributed by atoms with Crippen LogP contribution in [0.5, 0.6) is 0 Å². The molecule has 3 rings (SSSR count). The maximum absolute atomic E-state index is 12.9. The van der Waals surface area contributed by atoms with Gasteiger partial charge in [0.25, 0.3) is 5.91 Å². The Balaban J connectivity index is 1.80. The second kappa shape index (κ2) is 9.15. The summed E-state index contributed by atoms with van der Waals surface area (Å²) in [5.74, 6) is -2.20. The van der Waals surface area contributed by atoms with Gasteiger partial charge in [0.2, 0.25) is 5.91 Å². The van der Waals surface area contributed by atoms with Crippen LogP contribution in [0, 0.1) is 0 Å². The van der Waals surface area contributed by atoms with Gasteiger partial charge in [-0.3, -0.25) is 9.59 Å². The number of hydrogen-bond donors (Lipinski definition) is 3. The Labute approximate surface area is 175 Å². The van der Waals surface area contributed by atoms with Gasteiger partial charge in [-0.25, -0.2) is 0 Å². The largest absolute Gasteiger partial charge is 0.475 e. The lowest BCUT2D eigenvalue weighted by Crippen LogP contribution is -2.49. The third-order valence-electron chi connectivity index (χ3n) is 5.15. The zero-order valence-corrected chi connectivity index (χ0v) is 17.2. The average molecular weight is 408 g/mol. The van der Waals surface area contributed by atoms with Gasteiger partial charge in [0.05, 0.1) is 18.1 Å². The number of fused-ring (bicyclic) bond motifs is 1. The normalized spacial score (nSPS) is 13.0. The summed E-state index contributed by atoms with van der Waals surface area (Å²) in [6.07, 6.45) is 1.74. The number of amides is 2. The van der Waals surface area contributed by atoms with Crippen LogP contribution in [0.1, 0.15) is 34.3 Å². The maximum Gasteiger partial charge on any atom is 0.475 e. The summed E-state index contributed by atoms with van der Waals surface area (Å²) in [4.78, 5) is 26.8. The number of rotatable bonds is 7. The van der Waals surface area contributed by atoms with Crippen molar-refractivity contribution in [3.8, 4) is 0 Å². The first-order valence-electron chi connectivity index (χ1n) is 9.71. The molecule has 30 heavy (non-hydrogen) atoms. The highest BCUT2D eigenvalue weighted by Crippen LogP contribution is 2.24. The van der Waals surface area contributed by atoms with Gasteiger partial charge in [-0.05, 0) is 36.6 Å². The Morgan fingerprint density at radius 1 is 1.10 bits per heavy atom. The number of carbonyl (C=O) groups excluding carboxylic acids is 2. The number of carbonyl (C=O) groups is 2. The minimum absolute atomic E-state index is 0.186. The molecular weight excluding hydrogens is 383 g/mol. The minimum Gasteiger partial charge on any atom is -0.464 e. The van der Waals surface area contributed by atoms with Gasteiger partial charge in [-0.15, -0.1) is 0 Å². The molecule has 2 atom stereocenters. The van der Waals surface area contributed by atoms with E-state index in [9.17, 15) is 19.6 Å².